The molecule has 2 heterocycles. The Morgan fingerprint density at radius 2 is 2.14 bits per heavy atom. The molecule has 0 radical (unpaired) electrons. The molecule has 1 aliphatic heterocycles. The lowest BCUT2D eigenvalue weighted by molar-refractivity contribution is 0.0961. The number of pyridine rings is 1. The number of ether oxygens (including phenoxy) is 1. The molecular weight excluding hydrogens is 309 g/mol. The van der Waals surface area contributed by atoms with E-state index < -0.39 is 0 Å². The number of Topliss-reactive ketones (excluding diaryl/α,β-unsaturated/α-hetero) is 1. The van der Waals surface area contributed by atoms with E-state index in [9.17, 15) is 4.79 Å². The van der Waals surface area contributed by atoms with Crippen molar-refractivity contribution in [2.75, 3.05) is 6.61 Å². The van der Waals surface area contributed by atoms with Crippen molar-refractivity contribution in [3.05, 3.63) is 57.8 Å². The number of rotatable bonds is 3. The Morgan fingerprint density at radius 1 is 1.33 bits per heavy atom. The molecule has 1 aromatic heterocycles. The minimum absolute atomic E-state index is 0.0710. The van der Waals surface area contributed by atoms with E-state index in [0.29, 0.717) is 23.1 Å². The van der Waals surface area contributed by atoms with E-state index in [2.05, 4.69) is 4.98 Å². The third kappa shape index (κ3) is 3.04. The molecule has 5 heteroatoms. The van der Waals surface area contributed by atoms with Gasteiger partial charge in [0.05, 0.1) is 16.7 Å². The molecule has 0 spiro atoms. The summed E-state index contributed by atoms with van der Waals surface area (Å²) >= 11 is 11.9. The largest absolute Gasteiger partial charge is 0.493 e. The van der Waals surface area contributed by atoms with E-state index in [1.54, 1.807) is 6.07 Å². The normalized spacial score (nSPS) is 17.0. The Bertz CT molecular complexity index is 688. The van der Waals surface area contributed by atoms with Crippen molar-refractivity contribution in [3.8, 4) is 5.75 Å². The molecule has 2 aromatic rings. The molecule has 108 valence electrons. The van der Waals surface area contributed by atoms with Gasteiger partial charge in [-0.1, -0.05) is 41.4 Å². The fourth-order valence-corrected chi connectivity index (χ4v) is 3.05. The number of carbonyl (C=O) groups is 1. The first-order valence-corrected chi connectivity index (χ1v) is 7.46. The van der Waals surface area contributed by atoms with Gasteiger partial charge in [0, 0.05) is 12.6 Å². The lowest BCUT2D eigenvalue weighted by Crippen LogP contribution is -2.17. The maximum atomic E-state index is 12.4. The standard InChI is InChI=1S/C16H13Cl2NO2/c17-11-8-13(18)16(19-9-11)14(20)7-10-5-6-21-15-4-2-1-3-12(10)15/h1-4,8-10H,5-7H2. The van der Waals surface area contributed by atoms with Gasteiger partial charge in [-0.25, -0.2) is 0 Å². The molecule has 0 bridgehead atoms. The monoisotopic (exact) mass is 321 g/mol. The quantitative estimate of drug-likeness (QED) is 0.780. The zero-order valence-corrected chi connectivity index (χ0v) is 12.7. The zero-order chi connectivity index (χ0) is 14.8. The van der Waals surface area contributed by atoms with Crippen molar-refractivity contribution in [1.29, 1.82) is 0 Å². The molecule has 0 saturated carbocycles. The fraction of sp³-hybridized carbons (Fsp3) is 0.250. The SMILES string of the molecule is O=C(CC1CCOc2ccccc21)c1ncc(Cl)cc1Cl. The first kappa shape index (κ1) is 14.4. The first-order valence-electron chi connectivity index (χ1n) is 6.71. The van der Waals surface area contributed by atoms with Crippen LogP contribution < -0.4 is 4.74 Å². The highest BCUT2D eigenvalue weighted by Crippen LogP contribution is 2.36. The van der Waals surface area contributed by atoms with Crippen LogP contribution in [0, 0.1) is 0 Å². The summed E-state index contributed by atoms with van der Waals surface area (Å²) in [4.78, 5) is 16.5. The van der Waals surface area contributed by atoms with Crippen LogP contribution in [-0.4, -0.2) is 17.4 Å². The van der Waals surface area contributed by atoms with Gasteiger partial charge in [0.25, 0.3) is 0 Å². The molecule has 21 heavy (non-hydrogen) atoms. The van der Waals surface area contributed by atoms with Gasteiger partial charge in [0.1, 0.15) is 11.4 Å². The second kappa shape index (κ2) is 6.04. The number of nitrogens with zero attached hydrogens (tertiary/aromatic N) is 1. The summed E-state index contributed by atoms with van der Waals surface area (Å²) in [6.07, 6.45) is 2.63. The summed E-state index contributed by atoms with van der Waals surface area (Å²) in [6.45, 7) is 0.622. The van der Waals surface area contributed by atoms with Gasteiger partial charge < -0.3 is 4.74 Å². The highest BCUT2D eigenvalue weighted by molar-refractivity contribution is 6.36. The Balaban J connectivity index is 1.83. The molecule has 1 aliphatic rings. The minimum Gasteiger partial charge on any atom is -0.493 e. The average Bonchev–Trinajstić information content (AvgIpc) is 2.47. The Hall–Kier alpha value is -1.58. The number of aromatic nitrogens is 1. The number of benzene rings is 1. The molecule has 3 nitrogen and oxygen atoms in total. The number of ketones is 1. The summed E-state index contributed by atoms with van der Waals surface area (Å²) in [6, 6.07) is 9.36. The summed E-state index contributed by atoms with van der Waals surface area (Å²) in [5, 5.41) is 0.723. The molecule has 1 unspecified atom stereocenters. The number of carbonyl (C=O) groups excluding carboxylic acids is 1. The van der Waals surface area contributed by atoms with Gasteiger partial charge in [-0.05, 0) is 30.0 Å². The molecule has 0 saturated heterocycles. The molecule has 1 atom stereocenters. The highest BCUT2D eigenvalue weighted by Gasteiger charge is 2.25. The molecule has 0 aliphatic carbocycles. The van der Waals surface area contributed by atoms with Crippen LogP contribution in [0.3, 0.4) is 0 Å². The van der Waals surface area contributed by atoms with Crippen molar-refractivity contribution >= 4 is 29.0 Å². The van der Waals surface area contributed by atoms with Crippen molar-refractivity contribution < 1.29 is 9.53 Å². The molecule has 0 N–H and O–H groups in total. The zero-order valence-electron chi connectivity index (χ0n) is 11.2. The smallest absolute Gasteiger partial charge is 0.183 e. The van der Waals surface area contributed by atoms with Crippen molar-refractivity contribution in [3.63, 3.8) is 0 Å². The van der Waals surface area contributed by atoms with Crippen LogP contribution in [-0.2, 0) is 0 Å². The van der Waals surface area contributed by atoms with Crippen LogP contribution in [0.5, 0.6) is 5.75 Å². The number of halogens is 2. The molecule has 1 aromatic carbocycles. The summed E-state index contributed by atoms with van der Waals surface area (Å²) < 4.78 is 5.61. The minimum atomic E-state index is -0.0710. The van der Waals surface area contributed by atoms with Crippen molar-refractivity contribution in [2.45, 2.75) is 18.8 Å². The van der Waals surface area contributed by atoms with Crippen LogP contribution in [0.4, 0.5) is 0 Å². The lowest BCUT2D eigenvalue weighted by atomic mass is 9.88. The van der Waals surface area contributed by atoms with E-state index in [4.69, 9.17) is 27.9 Å². The molecule has 3 rings (SSSR count). The average molecular weight is 322 g/mol. The first-order chi connectivity index (χ1) is 10.1. The third-order valence-electron chi connectivity index (χ3n) is 3.59. The maximum absolute atomic E-state index is 12.4. The van der Waals surface area contributed by atoms with Crippen LogP contribution >= 0.6 is 23.2 Å². The topological polar surface area (TPSA) is 39.2 Å². The Labute approximate surface area is 132 Å². The van der Waals surface area contributed by atoms with E-state index in [-0.39, 0.29) is 17.4 Å². The van der Waals surface area contributed by atoms with Gasteiger partial charge in [0.2, 0.25) is 0 Å². The second-order valence-electron chi connectivity index (χ2n) is 4.98. The van der Waals surface area contributed by atoms with Gasteiger partial charge in [0.15, 0.2) is 5.78 Å². The fourth-order valence-electron chi connectivity index (χ4n) is 2.57. The van der Waals surface area contributed by atoms with E-state index in [0.717, 1.165) is 17.7 Å². The van der Waals surface area contributed by atoms with Crippen molar-refractivity contribution in [1.82, 2.24) is 4.98 Å². The van der Waals surface area contributed by atoms with Crippen LogP contribution in [0.15, 0.2) is 36.5 Å². The predicted octanol–water partition coefficient (Wildman–Crippen LogP) is 4.53. The number of fused-ring (bicyclic) bond motifs is 1. The lowest BCUT2D eigenvalue weighted by Gasteiger charge is -2.25. The summed E-state index contributed by atoms with van der Waals surface area (Å²) in [7, 11) is 0. The summed E-state index contributed by atoms with van der Waals surface area (Å²) in [5.41, 5.74) is 1.35. The van der Waals surface area contributed by atoms with E-state index in [1.807, 2.05) is 24.3 Å². The van der Waals surface area contributed by atoms with E-state index >= 15 is 0 Å². The van der Waals surface area contributed by atoms with Gasteiger partial charge in [-0.2, -0.15) is 0 Å². The van der Waals surface area contributed by atoms with Gasteiger partial charge in [-0.3, -0.25) is 9.78 Å². The van der Waals surface area contributed by atoms with E-state index in [1.165, 1.54) is 6.20 Å². The Morgan fingerprint density at radius 3 is 2.95 bits per heavy atom. The number of hydrogen-bond donors (Lipinski definition) is 0. The Kier molecular flexibility index (Phi) is 4.13. The van der Waals surface area contributed by atoms with Crippen LogP contribution in [0.25, 0.3) is 0 Å². The molecular formula is C16H13Cl2NO2. The number of para-hydroxylation sites is 1. The van der Waals surface area contributed by atoms with Crippen LogP contribution in [0.1, 0.15) is 34.8 Å². The van der Waals surface area contributed by atoms with Gasteiger partial charge >= 0.3 is 0 Å². The third-order valence-corrected chi connectivity index (χ3v) is 4.08. The van der Waals surface area contributed by atoms with Crippen LogP contribution in [0.2, 0.25) is 10.0 Å². The van der Waals surface area contributed by atoms with Crippen molar-refractivity contribution in [2.24, 2.45) is 0 Å². The number of hydrogen-bond acceptors (Lipinski definition) is 3. The summed E-state index contributed by atoms with van der Waals surface area (Å²) in [5.74, 6) is 0.922. The second-order valence-corrected chi connectivity index (χ2v) is 5.83. The maximum Gasteiger partial charge on any atom is 0.183 e. The predicted molar refractivity (Wildman–Crippen MR) is 82.5 cm³/mol. The molecule has 0 amide bonds. The van der Waals surface area contributed by atoms with Gasteiger partial charge in [-0.15, -0.1) is 0 Å². The molecule has 0 fully saturated rings. The highest BCUT2D eigenvalue weighted by atomic mass is 35.5.